The summed E-state index contributed by atoms with van der Waals surface area (Å²) < 4.78 is 0. The first kappa shape index (κ1) is 14.0. The molecule has 0 bridgehead atoms. The molecule has 0 aromatic carbocycles. The molecular weight excluding hydrogens is 206 g/mol. The summed E-state index contributed by atoms with van der Waals surface area (Å²) in [7, 11) is 0. The Bertz CT molecular complexity index is 279. The van der Waals surface area contributed by atoms with Crippen molar-refractivity contribution in [2.75, 3.05) is 0 Å². The molecule has 1 aromatic heterocycles. The van der Waals surface area contributed by atoms with Gasteiger partial charge in [-0.2, -0.15) is 0 Å². The molecule has 0 aliphatic heterocycles. The van der Waals surface area contributed by atoms with Gasteiger partial charge in [0.15, 0.2) is 0 Å². The van der Waals surface area contributed by atoms with Crippen LogP contribution in [-0.2, 0) is 6.42 Å². The van der Waals surface area contributed by atoms with Gasteiger partial charge in [-0.1, -0.05) is 38.2 Å². The summed E-state index contributed by atoms with van der Waals surface area (Å²) in [5, 5.41) is 0. The molecule has 1 heterocycles. The van der Waals surface area contributed by atoms with Crippen LogP contribution < -0.4 is 0 Å². The van der Waals surface area contributed by atoms with Crippen molar-refractivity contribution in [3.63, 3.8) is 0 Å². The molecule has 94 valence electrons. The Morgan fingerprint density at radius 3 is 2.12 bits per heavy atom. The van der Waals surface area contributed by atoms with Crippen LogP contribution in [0, 0.1) is 0 Å². The summed E-state index contributed by atoms with van der Waals surface area (Å²) in [5.74, 6) is 0. The number of aromatic nitrogens is 1. The highest BCUT2D eigenvalue weighted by atomic mass is 14.6. The molecule has 17 heavy (non-hydrogen) atoms. The van der Waals surface area contributed by atoms with Crippen molar-refractivity contribution < 1.29 is 0 Å². The predicted molar refractivity (Wildman–Crippen MR) is 75.1 cm³/mol. The highest BCUT2D eigenvalue weighted by Gasteiger charge is 1.93. The lowest BCUT2D eigenvalue weighted by Crippen LogP contribution is -1.86. The Kier molecular flexibility index (Phi) is 8.27. The summed E-state index contributed by atoms with van der Waals surface area (Å²) in [6.07, 6.45) is 17.7. The van der Waals surface area contributed by atoms with E-state index in [4.69, 9.17) is 0 Å². The van der Waals surface area contributed by atoms with E-state index in [9.17, 15) is 0 Å². The van der Waals surface area contributed by atoms with Crippen molar-refractivity contribution in [2.24, 2.45) is 0 Å². The van der Waals surface area contributed by atoms with E-state index in [-0.39, 0.29) is 0 Å². The topological polar surface area (TPSA) is 12.9 Å². The highest BCUT2D eigenvalue weighted by molar-refractivity contribution is 5.09. The van der Waals surface area contributed by atoms with Crippen LogP contribution in [0.15, 0.2) is 37.2 Å². The van der Waals surface area contributed by atoms with Crippen LogP contribution in [0.5, 0.6) is 0 Å². The molecule has 0 aliphatic carbocycles. The summed E-state index contributed by atoms with van der Waals surface area (Å²) >= 11 is 0. The highest BCUT2D eigenvalue weighted by Crippen LogP contribution is 2.10. The Balaban J connectivity index is 1.86. The maximum Gasteiger partial charge on any atom is 0.0270 e. The molecule has 0 N–H and O–H groups in total. The summed E-state index contributed by atoms with van der Waals surface area (Å²) in [4.78, 5) is 4.03. The largest absolute Gasteiger partial charge is 0.265 e. The standard InChI is InChI=1S/C16H25N/c1-2-3-4-5-6-7-8-9-10-11-16-12-14-17-15-13-16/h2,12-15H,1,3-11H2. The molecule has 0 saturated heterocycles. The minimum Gasteiger partial charge on any atom is -0.265 e. The second kappa shape index (κ2) is 10.1. The van der Waals surface area contributed by atoms with Gasteiger partial charge in [-0.15, -0.1) is 6.58 Å². The number of unbranched alkanes of at least 4 members (excludes halogenated alkanes) is 7. The second-order valence-electron chi connectivity index (χ2n) is 4.66. The number of allylic oxidation sites excluding steroid dienone is 1. The van der Waals surface area contributed by atoms with Crippen molar-refractivity contribution in [3.8, 4) is 0 Å². The molecule has 0 unspecified atom stereocenters. The lowest BCUT2D eigenvalue weighted by Gasteiger charge is -2.02. The van der Waals surface area contributed by atoms with Gasteiger partial charge in [0.05, 0.1) is 0 Å². The van der Waals surface area contributed by atoms with E-state index in [0.717, 1.165) is 0 Å². The number of hydrogen-bond donors (Lipinski definition) is 0. The second-order valence-corrected chi connectivity index (χ2v) is 4.66. The Hall–Kier alpha value is -1.11. The first-order valence-electron chi connectivity index (χ1n) is 6.93. The van der Waals surface area contributed by atoms with E-state index in [1.807, 2.05) is 18.5 Å². The van der Waals surface area contributed by atoms with Crippen LogP contribution in [0.3, 0.4) is 0 Å². The van der Waals surface area contributed by atoms with E-state index >= 15 is 0 Å². The van der Waals surface area contributed by atoms with Crippen LogP contribution in [0.1, 0.15) is 56.9 Å². The first-order chi connectivity index (χ1) is 8.43. The zero-order chi connectivity index (χ0) is 12.2. The van der Waals surface area contributed by atoms with Crippen molar-refractivity contribution >= 4 is 0 Å². The van der Waals surface area contributed by atoms with Gasteiger partial charge in [0, 0.05) is 12.4 Å². The minimum absolute atomic E-state index is 1.18. The van der Waals surface area contributed by atoms with Gasteiger partial charge < -0.3 is 0 Å². The summed E-state index contributed by atoms with van der Waals surface area (Å²) in [5.41, 5.74) is 1.42. The molecule has 0 saturated carbocycles. The first-order valence-corrected chi connectivity index (χ1v) is 6.93. The van der Waals surface area contributed by atoms with E-state index in [1.54, 1.807) is 0 Å². The van der Waals surface area contributed by atoms with Crippen LogP contribution in [0.4, 0.5) is 0 Å². The fraction of sp³-hybridized carbons (Fsp3) is 0.562. The van der Waals surface area contributed by atoms with Crippen molar-refractivity contribution in [1.82, 2.24) is 4.98 Å². The number of pyridine rings is 1. The maximum absolute atomic E-state index is 4.03. The molecular formula is C16H25N. The molecule has 0 aliphatic rings. The average Bonchev–Trinajstić information content (AvgIpc) is 2.38. The van der Waals surface area contributed by atoms with Crippen molar-refractivity contribution in [1.29, 1.82) is 0 Å². The molecule has 0 atom stereocenters. The van der Waals surface area contributed by atoms with Crippen molar-refractivity contribution in [3.05, 3.63) is 42.7 Å². The van der Waals surface area contributed by atoms with Gasteiger partial charge in [-0.05, 0) is 43.4 Å². The Labute approximate surface area is 106 Å². The van der Waals surface area contributed by atoms with Gasteiger partial charge in [0.25, 0.3) is 0 Å². The Morgan fingerprint density at radius 1 is 0.882 bits per heavy atom. The van der Waals surface area contributed by atoms with Gasteiger partial charge in [-0.3, -0.25) is 4.98 Å². The molecule has 1 rings (SSSR count). The molecule has 0 spiro atoms. The van der Waals surface area contributed by atoms with Gasteiger partial charge in [0.1, 0.15) is 0 Å². The molecule has 1 nitrogen and oxygen atoms in total. The quantitative estimate of drug-likeness (QED) is 0.411. The third kappa shape index (κ3) is 7.73. The van der Waals surface area contributed by atoms with E-state index in [0.29, 0.717) is 0 Å². The number of hydrogen-bond acceptors (Lipinski definition) is 1. The van der Waals surface area contributed by atoms with Crippen LogP contribution in [-0.4, -0.2) is 4.98 Å². The zero-order valence-corrected chi connectivity index (χ0v) is 10.9. The lowest BCUT2D eigenvalue weighted by molar-refractivity contribution is 0.581. The third-order valence-electron chi connectivity index (χ3n) is 3.12. The number of nitrogens with zero attached hydrogens (tertiary/aromatic N) is 1. The molecule has 1 heteroatoms. The molecule has 0 amide bonds. The average molecular weight is 231 g/mol. The number of aryl methyl sites for hydroxylation is 1. The van der Waals surface area contributed by atoms with E-state index in [1.165, 1.54) is 63.4 Å². The monoisotopic (exact) mass is 231 g/mol. The van der Waals surface area contributed by atoms with Gasteiger partial charge >= 0.3 is 0 Å². The fourth-order valence-electron chi connectivity index (χ4n) is 2.05. The normalized spacial score (nSPS) is 10.4. The Morgan fingerprint density at radius 2 is 1.47 bits per heavy atom. The van der Waals surface area contributed by atoms with E-state index < -0.39 is 0 Å². The predicted octanol–water partition coefficient (Wildman–Crippen LogP) is 4.93. The van der Waals surface area contributed by atoms with Crippen molar-refractivity contribution in [2.45, 2.75) is 57.8 Å². The summed E-state index contributed by atoms with van der Waals surface area (Å²) in [6, 6.07) is 4.24. The van der Waals surface area contributed by atoms with Crippen LogP contribution in [0.25, 0.3) is 0 Å². The maximum atomic E-state index is 4.03. The minimum atomic E-state index is 1.18. The lowest BCUT2D eigenvalue weighted by atomic mass is 10.0. The van der Waals surface area contributed by atoms with Crippen LogP contribution in [0.2, 0.25) is 0 Å². The van der Waals surface area contributed by atoms with Gasteiger partial charge in [0.2, 0.25) is 0 Å². The smallest absolute Gasteiger partial charge is 0.0270 e. The zero-order valence-electron chi connectivity index (χ0n) is 10.9. The molecule has 0 fully saturated rings. The van der Waals surface area contributed by atoms with E-state index in [2.05, 4.69) is 23.7 Å². The van der Waals surface area contributed by atoms with Gasteiger partial charge in [-0.25, -0.2) is 0 Å². The SMILES string of the molecule is C=CCCCCCCCCCc1ccncc1. The molecule has 1 aromatic rings. The van der Waals surface area contributed by atoms with Crippen LogP contribution >= 0.6 is 0 Å². The molecule has 0 radical (unpaired) electrons. The number of rotatable bonds is 10. The summed E-state index contributed by atoms with van der Waals surface area (Å²) in [6.45, 7) is 3.74. The fourth-order valence-corrected chi connectivity index (χ4v) is 2.05. The third-order valence-corrected chi connectivity index (χ3v) is 3.12.